The molecule has 2 aromatic rings. The lowest BCUT2D eigenvalue weighted by Gasteiger charge is -2.52. The molecule has 3 aliphatic rings. The van der Waals surface area contributed by atoms with Gasteiger partial charge in [-0.25, -0.2) is 0 Å². The number of hydrogen-bond acceptors (Lipinski definition) is 9. The Balaban J connectivity index is 1.68. The van der Waals surface area contributed by atoms with Crippen LogP contribution in [0.2, 0.25) is 0 Å². The van der Waals surface area contributed by atoms with Gasteiger partial charge >= 0.3 is 0 Å². The molecular weight excluding hydrogens is 526 g/mol. The fourth-order valence-electron chi connectivity index (χ4n) is 7.19. The number of nitrogens with zero attached hydrogens (tertiary/aromatic N) is 2. The zero-order valence-corrected chi connectivity index (χ0v) is 23.8. The summed E-state index contributed by atoms with van der Waals surface area (Å²) in [5.74, 6) is -10.4. The van der Waals surface area contributed by atoms with Crippen LogP contribution in [-0.4, -0.2) is 84.0 Å². The van der Waals surface area contributed by atoms with Crippen LogP contribution in [0.1, 0.15) is 34.8 Å². The Morgan fingerprint density at radius 1 is 1.05 bits per heavy atom. The third kappa shape index (κ3) is 4.03. The van der Waals surface area contributed by atoms with E-state index in [9.17, 15) is 34.2 Å². The van der Waals surface area contributed by atoms with Crippen molar-refractivity contribution in [1.29, 1.82) is 0 Å². The van der Waals surface area contributed by atoms with Crippen LogP contribution in [0.5, 0.6) is 5.75 Å². The Hall–Kier alpha value is -3.89. The van der Waals surface area contributed by atoms with Crippen LogP contribution < -0.4 is 10.6 Å². The molecule has 216 valence electrons. The number of aryl methyl sites for hydroxylation is 1. The summed E-state index contributed by atoms with van der Waals surface area (Å²) >= 11 is 0. The standard InChI is InChI=1S/C31H35N3O7/c1-6-14-11-18(15-7-9-17(10-8-15)33(2)3)19-12-16-13-20-24(34(4)5)27(37)23(30(32)40)29(39)31(20,41)28(38)21(16)26(36)22(19)25(14)35/h7-11,16,20-21,23-24,35,41H,6,12-13H2,1-5H3,(H2,32,40)/t16-,20-,21?,23?,24-,31-/m0/s1. The minimum absolute atomic E-state index is 0.0131. The largest absolute Gasteiger partial charge is 0.507 e. The van der Waals surface area contributed by atoms with Gasteiger partial charge in [-0.15, -0.1) is 0 Å². The highest BCUT2D eigenvalue weighted by atomic mass is 16.3. The molecular formula is C31H35N3O7. The fourth-order valence-corrected chi connectivity index (χ4v) is 7.19. The third-order valence-corrected chi connectivity index (χ3v) is 9.22. The SMILES string of the molecule is CCc1cc(-c2ccc(N(C)C)cc2)c2c(c1O)C(=O)C1C(=O)[C@]3(O)C(=O)C(C(N)=O)C(=O)[C@@H](N(C)C)[C@@H]3C[C@@H]1C2. The van der Waals surface area contributed by atoms with E-state index in [2.05, 4.69) is 0 Å². The molecule has 0 heterocycles. The molecule has 2 fully saturated rings. The zero-order chi connectivity index (χ0) is 30.1. The number of nitrogens with two attached hydrogens (primary N) is 1. The molecule has 2 aromatic carbocycles. The summed E-state index contributed by atoms with van der Waals surface area (Å²) in [7, 11) is 6.99. The number of carbonyl (C=O) groups is 5. The van der Waals surface area contributed by atoms with E-state index in [1.54, 1.807) is 14.1 Å². The van der Waals surface area contributed by atoms with E-state index in [4.69, 9.17) is 5.73 Å². The van der Waals surface area contributed by atoms with Crippen LogP contribution in [0.4, 0.5) is 5.69 Å². The smallest absolute Gasteiger partial charge is 0.235 e. The summed E-state index contributed by atoms with van der Waals surface area (Å²) in [6.07, 6.45) is 0.655. The fraction of sp³-hybridized carbons (Fsp3) is 0.452. The Morgan fingerprint density at radius 3 is 2.22 bits per heavy atom. The van der Waals surface area contributed by atoms with Crippen LogP contribution in [-0.2, 0) is 32.0 Å². The van der Waals surface area contributed by atoms with Crippen molar-refractivity contribution >= 4 is 34.7 Å². The predicted octanol–water partition coefficient (Wildman–Crippen LogP) is 1.16. The average molecular weight is 562 g/mol. The van der Waals surface area contributed by atoms with Crippen molar-refractivity contribution in [2.75, 3.05) is 33.1 Å². The molecule has 10 nitrogen and oxygen atoms in total. The van der Waals surface area contributed by atoms with Crippen LogP contribution in [0.15, 0.2) is 30.3 Å². The average Bonchev–Trinajstić information content (AvgIpc) is 2.90. The molecule has 41 heavy (non-hydrogen) atoms. The number of amides is 1. The van der Waals surface area contributed by atoms with Crippen molar-refractivity contribution in [3.8, 4) is 16.9 Å². The molecule has 10 heteroatoms. The second kappa shape index (κ2) is 9.88. The highest BCUT2D eigenvalue weighted by Gasteiger charge is 2.69. The molecule has 2 saturated carbocycles. The molecule has 0 aromatic heterocycles. The van der Waals surface area contributed by atoms with E-state index in [0.717, 1.165) is 16.8 Å². The van der Waals surface area contributed by atoms with Crippen molar-refractivity contribution in [1.82, 2.24) is 4.90 Å². The summed E-state index contributed by atoms with van der Waals surface area (Å²) in [4.78, 5) is 70.5. The lowest BCUT2D eigenvalue weighted by molar-refractivity contribution is -0.181. The highest BCUT2D eigenvalue weighted by molar-refractivity contribution is 6.32. The van der Waals surface area contributed by atoms with Gasteiger partial charge in [0.25, 0.3) is 0 Å². The second-order valence-electron chi connectivity index (χ2n) is 11.9. The lowest BCUT2D eigenvalue weighted by atomic mass is 9.52. The number of phenolic OH excluding ortho intramolecular Hbond substituents is 1. The van der Waals surface area contributed by atoms with E-state index < -0.39 is 64.4 Å². The number of Topliss-reactive ketones (excluding diaryl/α,β-unsaturated/α-hetero) is 4. The van der Waals surface area contributed by atoms with Gasteiger partial charge in [0.05, 0.1) is 17.5 Å². The normalized spacial score (nSPS) is 29.2. The van der Waals surface area contributed by atoms with Crippen molar-refractivity contribution in [2.45, 2.75) is 37.8 Å². The molecule has 6 atom stereocenters. The van der Waals surface area contributed by atoms with Gasteiger partial charge in [0, 0.05) is 25.7 Å². The Kier molecular flexibility index (Phi) is 6.90. The molecule has 4 N–H and O–H groups in total. The molecule has 0 saturated heterocycles. The van der Waals surface area contributed by atoms with Crippen LogP contribution in [0, 0.1) is 23.7 Å². The van der Waals surface area contributed by atoms with Gasteiger partial charge in [-0.2, -0.15) is 0 Å². The first kappa shape index (κ1) is 28.6. The number of carbonyl (C=O) groups excluding carboxylic acids is 5. The topological polar surface area (TPSA) is 158 Å². The van der Waals surface area contributed by atoms with E-state index in [-0.39, 0.29) is 24.2 Å². The number of hydrogen-bond donors (Lipinski definition) is 3. The summed E-state index contributed by atoms with van der Waals surface area (Å²) in [6.45, 7) is 1.85. The molecule has 5 rings (SSSR count). The highest BCUT2D eigenvalue weighted by Crippen LogP contribution is 2.52. The first-order valence-corrected chi connectivity index (χ1v) is 13.8. The van der Waals surface area contributed by atoms with E-state index in [1.807, 2.05) is 56.3 Å². The maximum absolute atomic E-state index is 14.1. The number of anilines is 1. The van der Waals surface area contributed by atoms with E-state index in [0.29, 0.717) is 17.5 Å². The number of primary amides is 1. The monoisotopic (exact) mass is 561 g/mol. The minimum Gasteiger partial charge on any atom is -0.507 e. The van der Waals surface area contributed by atoms with Crippen molar-refractivity contribution in [2.24, 2.45) is 29.4 Å². The van der Waals surface area contributed by atoms with Gasteiger partial charge < -0.3 is 20.8 Å². The number of likely N-dealkylation sites (N-methyl/N-ethyl adjacent to an activating group) is 1. The first-order valence-electron chi connectivity index (χ1n) is 13.8. The third-order valence-electron chi connectivity index (χ3n) is 9.22. The molecule has 0 aliphatic heterocycles. The van der Waals surface area contributed by atoms with E-state index in [1.165, 1.54) is 4.90 Å². The summed E-state index contributed by atoms with van der Waals surface area (Å²) in [6, 6.07) is 8.51. The Labute approximate surface area is 238 Å². The van der Waals surface area contributed by atoms with Crippen LogP contribution >= 0.6 is 0 Å². The number of rotatable bonds is 5. The van der Waals surface area contributed by atoms with Gasteiger partial charge in [-0.1, -0.05) is 19.1 Å². The Bertz CT molecular complexity index is 1500. The number of aromatic hydroxyl groups is 1. The molecule has 0 spiro atoms. The quantitative estimate of drug-likeness (QED) is 0.456. The number of phenols is 1. The van der Waals surface area contributed by atoms with Gasteiger partial charge in [0.15, 0.2) is 34.7 Å². The number of aliphatic hydroxyl groups is 1. The maximum Gasteiger partial charge on any atom is 0.235 e. The Morgan fingerprint density at radius 2 is 1.68 bits per heavy atom. The van der Waals surface area contributed by atoms with E-state index >= 15 is 0 Å². The molecule has 0 radical (unpaired) electrons. The van der Waals surface area contributed by atoms with Crippen molar-refractivity contribution in [3.05, 3.63) is 47.0 Å². The minimum atomic E-state index is -2.74. The van der Waals surface area contributed by atoms with Gasteiger partial charge in [0.2, 0.25) is 5.91 Å². The number of ketones is 4. The zero-order valence-electron chi connectivity index (χ0n) is 23.8. The molecule has 1 amide bonds. The number of benzene rings is 2. The number of fused-ring (bicyclic) bond motifs is 3. The van der Waals surface area contributed by atoms with Crippen molar-refractivity contribution < 1.29 is 34.2 Å². The molecule has 2 unspecified atom stereocenters. The predicted molar refractivity (Wildman–Crippen MR) is 150 cm³/mol. The summed E-state index contributed by atoms with van der Waals surface area (Å²) < 4.78 is 0. The van der Waals surface area contributed by atoms with Crippen LogP contribution in [0.3, 0.4) is 0 Å². The molecule has 3 aliphatic carbocycles. The van der Waals surface area contributed by atoms with Gasteiger partial charge in [0.1, 0.15) is 5.75 Å². The summed E-state index contributed by atoms with van der Waals surface area (Å²) in [5, 5.41) is 23.0. The van der Waals surface area contributed by atoms with Gasteiger partial charge in [-0.05, 0) is 79.7 Å². The first-order chi connectivity index (χ1) is 19.2. The van der Waals surface area contributed by atoms with Crippen LogP contribution in [0.25, 0.3) is 11.1 Å². The second-order valence-corrected chi connectivity index (χ2v) is 11.9. The molecule has 0 bridgehead atoms. The lowest BCUT2D eigenvalue weighted by Crippen LogP contribution is -2.74. The van der Waals surface area contributed by atoms with Crippen molar-refractivity contribution in [3.63, 3.8) is 0 Å². The summed E-state index contributed by atoms with van der Waals surface area (Å²) in [5.41, 5.74) is 6.37. The van der Waals surface area contributed by atoms with Gasteiger partial charge in [-0.3, -0.25) is 28.9 Å². The maximum atomic E-state index is 14.1.